The number of ether oxygens (including phenoxy) is 1. The van der Waals surface area contributed by atoms with E-state index in [0.717, 1.165) is 31.7 Å². The van der Waals surface area contributed by atoms with E-state index in [4.69, 9.17) is 16.3 Å². The zero-order valence-electron chi connectivity index (χ0n) is 11.4. The molecule has 1 aromatic rings. The average Bonchev–Trinajstić information content (AvgIpc) is 3.13. The van der Waals surface area contributed by atoms with E-state index in [1.165, 1.54) is 38.8 Å². The highest BCUT2D eigenvalue weighted by atomic mass is 35.5. The molecule has 0 unspecified atom stereocenters. The highest BCUT2D eigenvalue weighted by Crippen LogP contribution is 2.29. The molecule has 0 spiro atoms. The largest absolute Gasteiger partial charge is 0.486 e. The van der Waals surface area contributed by atoms with Crippen LogP contribution in [0.15, 0.2) is 6.20 Å². The molecular formula is C14H22ClN3O. The first kappa shape index (κ1) is 13.3. The first-order valence-electron chi connectivity index (χ1n) is 7.43. The maximum Gasteiger partial charge on any atom is 0.176 e. The molecule has 1 saturated heterocycles. The van der Waals surface area contributed by atoms with Crippen molar-refractivity contribution in [2.75, 3.05) is 19.6 Å². The Kier molecular flexibility index (Phi) is 4.28. The molecule has 1 saturated carbocycles. The summed E-state index contributed by atoms with van der Waals surface area (Å²) in [4.78, 5) is 2.47. The number of aromatic nitrogens is 2. The molecule has 2 fully saturated rings. The molecule has 2 aliphatic rings. The second kappa shape index (κ2) is 6.14. The van der Waals surface area contributed by atoms with Crippen molar-refractivity contribution in [2.24, 2.45) is 0 Å². The SMILES string of the molecule is Clc1c(OC2CCCC2)cnn1CCN1CCCC1. The zero-order valence-corrected chi connectivity index (χ0v) is 12.1. The van der Waals surface area contributed by atoms with Gasteiger partial charge in [0.2, 0.25) is 0 Å². The van der Waals surface area contributed by atoms with E-state index < -0.39 is 0 Å². The van der Waals surface area contributed by atoms with Gasteiger partial charge in [0.05, 0.1) is 18.8 Å². The predicted octanol–water partition coefficient (Wildman–Crippen LogP) is 2.95. The summed E-state index contributed by atoms with van der Waals surface area (Å²) in [6, 6.07) is 0. The Morgan fingerprint density at radius 1 is 1.16 bits per heavy atom. The van der Waals surface area contributed by atoms with Crippen LogP contribution in [0.4, 0.5) is 0 Å². The molecule has 0 atom stereocenters. The summed E-state index contributed by atoms with van der Waals surface area (Å²) >= 11 is 6.35. The van der Waals surface area contributed by atoms with Crippen LogP contribution in [0.5, 0.6) is 5.75 Å². The van der Waals surface area contributed by atoms with Crippen molar-refractivity contribution in [2.45, 2.75) is 51.2 Å². The lowest BCUT2D eigenvalue weighted by Gasteiger charge is -2.15. The summed E-state index contributed by atoms with van der Waals surface area (Å²) in [6.07, 6.45) is 9.59. The van der Waals surface area contributed by atoms with Gasteiger partial charge in [0.25, 0.3) is 0 Å². The molecule has 1 aliphatic heterocycles. The van der Waals surface area contributed by atoms with Crippen molar-refractivity contribution >= 4 is 11.6 Å². The number of nitrogens with zero attached hydrogens (tertiary/aromatic N) is 3. The Bertz CT molecular complexity index is 409. The molecule has 19 heavy (non-hydrogen) atoms. The lowest BCUT2D eigenvalue weighted by molar-refractivity contribution is 0.210. The molecular weight excluding hydrogens is 262 g/mol. The van der Waals surface area contributed by atoms with E-state index in [-0.39, 0.29) is 0 Å². The van der Waals surface area contributed by atoms with Crippen molar-refractivity contribution in [3.8, 4) is 5.75 Å². The summed E-state index contributed by atoms with van der Waals surface area (Å²) in [5, 5.41) is 5.01. The van der Waals surface area contributed by atoms with Gasteiger partial charge in [-0.1, -0.05) is 11.6 Å². The highest BCUT2D eigenvalue weighted by molar-refractivity contribution is 6.31. The first-order chi connectivity index (χ1) is 9.33. The average molecular weight is 284 g/mol. The Morgan fingerprint density at radius 3 is 2.63 bits per heavy atom. The van der Waals surface area contributed by atoms with Gasteiger partial charge >= 0.3 is 0 Å². The van der Waals surface area contributed by atoms with Crippen LogP contribution in [-0.4, -0.2) is 40.4 Å². The minimum atomic E-state index is 0.341. The number of hydrogen-bond acceptors (Lipinski definition) is 3. The van der Waals surface area contributed by atoms with Crippen LogP contribution >= 0.6 is 11.6 Å². The van der Waals surface area contributed by atoms with E-state index in [9.17, 15) is 0 Å². The van der Waals surface area contributed by atoms with Crippen molar-refractivity contribution in [3.63, 3.8) is 0 Å². The standard InChI is InChI=1S/C14H22ClN3O/c15-14-13(19-12-5-1-2-6-12)11-16-18(14)10-9-17-7-3-4-8-17/h11-12H,1-10H2. The molecule has 0 amide bonds. The quantitative estimate of drug-likeness (QED) is 0.832. The van der Waals surface area contributed by atoms with Crippen molar-refractivity contribution in [1.29, 1.82) is 0 Å². The molecule has 5 heteroatoms. The molecule has 1 aromatic heterocycles. The third-order valence-electron chi connectivity index (χ3n) is 4.17. The van der Waals surface area contributed by atoms with Crippen LogP contribution in [0.1, 0.15) is 38.5 Å². The van der Waals surface area contributed by atoms with Gasteiger partial charge in [-0.25, -0.2) is 4.68 Å². The van der Waals surface area contributed by atoms with Crippen LogP contribution in [0, 0.1) is 0 Å². The minimum Gasteiger partial charge on any atom is -0.486 e. The van der Waals surface area contributed by atoms with Crippen molar-refractivity contribution in [1.82, 2.24) is 14.7 Å². The maximum absolute atomic E-state index is 6.35. The molecule has 4 nitrogen and oxygen atoms in total. The zero-order chi connectivity index (χ0) is 13.1. The van der Waals surface area contributed by atoms with Gasteiger partial charge in [-0.2, -0.15) is 5.10 Å². The second-order valence-corrected chi connectivity index (χ2v) is 5.95. The summed E-state index contributed by atoms with van der Waals surface area (Å²) in [6.45, 7) is 4.31. The van der Waals surface area contributed by atoms with Gasteiger partial charge in [0.15, 0.2) is 10.9 Å². The summed E-state index contributed by atoms with van der Waals surface area (Å²) in [5.74, 6) is 0.759. The van der Waals surface area contributed by atoms with Crippen LogP contribution in [0.3, 0.4) is 0 Å². The van der Waals surface area contributed by atoms with Crippen LogP contribution in [0.25, 0.3) is 0 Å². The van der Waals surface area contributed by atoms with Gasteiger partial charge in [0, 0.05) is 6.54 Å². The lowest BCUT2D eigenvalue weighted by atomic mass is 10.3. The minimum absolute atomic E-state index is 0.341. The van der Waals surface area contributed by atoms with Gasteiger partial charge in [-0.3, -0.25) is 0 Å². The molecule has 0 N–H and O–H groups in total. The van der Waals surface area contributed by atoms with E-state index in [0.29, 0.717) is 11.3 Å². The van der Waals surface area contributed by atoms with Crippen molar-refractivity contribution in [3.05, 3.63) is 11.3 Å². The number of halogens is 1. The Labute approximate surface area is 119 Å². The van der Waals surface area contributed by atoms with E-state index in [1.54, 1.807) is 6.20 Å². The maximum atomic E-state index is 6.35. The smallest absolute Gasteiger partial charge is 0.176 e. The van der Waals surface area contributed by atoms with E-state index >= 15 is 0 Å². The fourth-order valence-corrected chi connectivity index (χ4v) is 3.24. The molecule has 2 heterocycles. The number of likely N-dealkylation sites (tertiary alicyclic amines) is 1. The van der Waals surface area contributed by atoms with Gasteiger partial charge in [-0.05, 0) is 51.6 Å². The van der Waals surface area contributed by atoms with Crippen molar-refractivity contribution < 1.29 is 4.74 Å². The fourth-order valence-electron chi connectivity index (χ4n) is 3.02. The van der Waals surface area contributed by atoms with Crippen LogP contribution < -0.4 is 4.74 Å². The molecule has 0 radical (unpaired) electrons. The normalized spacial score (nSPS) is 21.3. The summed E-state index contributed by atoms with van der Waals surface area (Å²) in [5.41, 5.74) is 0. The second-order valence-electron chi connectivity index (χ2n) is 5.60. The van der Waals surface area contributed by atoms with Crippen LogP contribution in [0.2, 0.25) is 5.15 Å². The fraction of sp³-hybridized carbons (Fsp3) is 0.786. The van der Waals surface area contributed by atoms with E-state index in [1.807, 2.05) is 4.68 Å². The number of rotatable bonds is 5. The van der Waals surface area contributed by atoms with Gasteiger partial charge in [0.1, 0.15) is 0 Å². The highest BCUT2D eigenvalue weighted by Gasteiger charge is 2.20. The Balaban J connectivity index is 1.55. The first-order valence-corrected chi connectivity index (χ1v) is 7.81. The monoisotopic (exact) mass is 283 g/mol. The van der Waals surface area contributed by atoms with Crippen LogP contribution in [-0.2, 0) is 6.54 Å². The third kappa shape index (κ3) is 3.23. The Hall–Kier alpha value is -0.740. The third-order valence-corrected chi connectivity index (χ3v) is 4.55. The molecule has 0 aromatic carbocycles. The summed E-state index contributed by atoms with van der Waals surface area (Å²) in [7, 11) is 0. The predicted molar refractivity (Wildman–Crippen MR) is 75.8 cm³/mol. The molecule has 106 valence electrons. The topological polar surface area (TPSA) is 30.3 Å². The molecule has 1 aliphatic carbocycles. The Morgan fingerprint density at radius 2 is 1.89 bits per heavy atom. The van der Waals surface area contributed by atoms with Gasteiger partial charge < -0.3 is 9.64 Å². The lowest BCUT2D eigenvalue weighted by Crippen LogP contribution is -2.24. The number of hydrogen-bond donors (Lipinski definition) is 0. The molecule has 3 rings (SSSR count). The molecule has 0 bridgehead atoms. The van der Waals surface area contributed by atoms with Gasteiger partial charge in [-0.15, -0.1) is 0 Å². The summed E-state index contributed by atoms with van der Waals surface area (Å²) < 4.78 is 7.79. The van der Waals surface area contributed by atoms with E-state index in [2.05, 4.69) is 10.00 Å².